The lowest BCUT2D eigenvalue weighted by atomic mass is 10.2. The fraction of sp³-hybridized carbons (Fsp3) is 0.250. The summed E-state index contributed by atoms with van der Waals surface area (Å²) in [5.41, 5.74) is 0.268. The van der Waals surface area contributed by atoms with Crippen molar-refractivity contribution in [2.75, 3.05) is 13.6 Å². The summed E-state index contributed by atoms with van der Waals surface area (Å²) in [5.74, 6) is -0.890. The molecule has 0 aliphatic heterocycles. The van der Waals surface area contributed by atoms with Gasteiger partial charge in [0, 0.05) is 37.1 Å². The fourth-order valence-electron chi connectivity index (χ4n) is 1.98. The van der Waals surface area contributed by atoms with Gasteiger partial charge in [-0.25, -0.2) is 4.39 Å². The SMILES string of the molecule is CN(Cc1c(F)cccc1Cl)C(=O)CCNC(=O)c1ccco1. The Kier molecular flexibility index (Phi) is 5.76. The Morgan fingerprint density at radius 2 is 2.09 bits per heavy atom. The molecule has 0 radical (unpaired) electrons. The topological polar surface area (TPSA) is 62.6 Å². The van der Waals surface area contributed by atoms with Crippen LogP contribution in [0.15, 0.2) is 41.0 Å². The summed E-state index contributed by atoms with van der Waals surface area (Å²) in [6, 6.07) is 7.51. The predicted molar refractivity (Wildman–Crippen MR) is 83.5 cm³/mol. The number of nitrogens with one attached hydrogen (secondary N) is 1. The van der Waals surface area contributed by atoms with Crippen LogP contribution in [0.25, 0.3) is 0 Å². The molecule has 0 aliphatic rings. The Balaban J connectivity index is 1.82. The molecule has 1 aromatic carbocycles. The molecule has 2 rings (SSSR count). The molecule has 5 nitrogen and oxygen atoms in total. The molecule has 0 atom stereocenters. The maximum absolute atomic E-state index is 13.7. The number of hydrogen-bond donors (Lipinski definition) is 1. The Bertz CT molecular complexity index is 668. The van der Waals surface area contributed by atoms with Gasteiger partial charge >= 0.3 is 0 Å². The Hall–Kier alpha value is -2.34. The van der Waals surface area contributed by atoms with Gasteiger partial charge in [-0.2, -0.15) is 0 Å². The summed E-state index contributed by atoms with van der Waals surface area (Å²) in [5, 5.41) is 2.85. The molecule has 1 N–H and O–H groups in total. The van der Waals surface area contributed by atoms with Crippen LogP contribution in [0.2, 0.25) is 5.02 Å². The van der Waals surface area contributed by atoms with E-state index in [4.69, 9.17) is 16.0 Å². The largest absolute Gasteiger partial charge is 0.459 e. The minimum absolute atomic E-state index is 0.0659. The van der Waals surface area contributed by atoms with Crippen molar-refractivity contribution < 1.29 is 18.4 Å². The molecule has 2 aromatic rings. The summed E-state index contributed by atoms with van der Waals surface area (Å²) >= 11 is 5.94. The van der Waals surface area contributed by atoms with Crippen molar-refractivity contribution >= 4 is 23.4 Å². The number of carbonyl (C=O) groups excluding carboxylic acids is 2. The van der Waals surface area contributed by atoms with E-state index in [9.17, 15) is 14.0 Å². The van der Waals surface area contributed by atoms with Crippen LogP contribution in [0.3, 0.4) is 0 Å². The maximum atomic E-state index is 13.7. The number of hydrogen-bond acceptors (Lipinski definition) is 3. The van der Waals surface area contributed by atoms with E-state index in [1.165, 1.54) is 29.4 Å². The highest BCUT2D eigenvalue weighted by Gasteiger charge is 2.15. The molecular formula is C16H16ClFN2O3. The number of amides is 2. The normalized spacial score (nSPS) is 10.4. The van der Waals surface area contributed by atoms with Gasteiger partial charge in [0.1, 0.15) is 5.82 Å². The van der Waals surface area contributed by atoms with Gasteiger partial charge in [-0.3, -0.25) is 9.59 Å². The van der Waals surface area contributed by atoms with Gasteiger partial charge in [0.25, 0.3) is 5.91 Å². The highest BCUT2D eigenvalue weighted by Crippen LogP contribution is 2.20. The van der Waals surface area contributed by atoms with Gasteiger partial charge in [0.15, 0.2) is 5.76 Å². The van der Waals surface area contributed by atoms with E-state index in [1.54, 1.807) is 19.2 Å². The Morgan fingerprint density at radius 3 is 2.74 bits per heavy atom. The molecule has 0 fully saturated rings. The van der Waals surface area contributed by atoms with Crippen molar-refractivity contribution in [2.45, 2.75) is 13.0 Å². The van der Waals surface area contributed by atoms with Gasteiger partial charge in [-0.15, -0.1) is 0 Å². The zero-order valence-corrected chi connectivity index (χ0v) is 13.3. The summed E-state index contributed by atoms with van der Waals surface area (Å²) in [7, 11) is 1.56. The van der Waals surface area contributed by atoms with Crippen molar-refractivity contribution in [1.29, 1.82) is 0 Å². The molecule has 2 amide bonds. The summed E-state index contributed by atoms with van der Waals surface area (Å²) < 4.78 is 18.6. The van der Waals surface area contributed by atoms with E-state index in [1.807, 2.05) is 0 Å². The monoisotopic (exact) mass is 338 g/mol. The third kappa shape index (κ3) is 4.56. The molecular weight excluding hydrogens is 323 g/mol. The molecule has 7 heteroatoms. The van der Waals surface area contributed by atoms with E-state index in [0.29, 0.717) is 0 Å². The lowest BCUT2D eigenvalue weighted by Gasteiger charge is -2.18. The first kappa shape index (κ1) is 17.0. The van der Waals surface area contributed by atoms with Crippen LogP contribution in [0.1, 0.15) is 22.5 Å². The first-order valence-electron chi connectivity index (χ1n) is 6.97. The lowest BCUT2D eigenvalue weighted by Crippen LogP contribution is -2.32. The average molecular weight is 339 g/mol. The predicted octanol–water partition coefficient (Wildman–Crippen LogP) is 2.85. The van der Waals surface area contributed by atoms with Crippen LogP contribution in [0.5, 0.6) is 0 Å². The number of benzene rings is 1. The number of carbonyl (C=O) groups is 2. The second-order valence-corrected chi connectivity index (χ2v) is 5.34. The van der Waals surface area contributed by atoms with Gasteiger partial charge < -0.3 is 14.6 Å². The molecule has 0 bridgehead atoms. The van der Waals surface area contributed by atoms with E-state index < -0.39 is 5.82 Å². The van der Waals surface area contributed by atoms with Crippen LogP contribution < -0.4 is 5.32 Å². The van der Waals surface area contributed by atoms with Gasteiger partial charge in [-0.05, 0) is 24.3 Å². The summed E-state index contributed by atoms with van der Waals surface area (Å²) in [6.07, 6.45) is 1.49. The van der Waals surface area contributed by atoms with E-state index in [0.717, 1.165) is 0 Å². The highest BCUT2D eigenvalue weighted by molar-refractivity contribution is 6.31. The fourth-order valence-corrected chi connectivity index (χ4v) is 2.20. The number of halogens is 2. The minimum Gasteiger partial charge on any atom is -0.459 e. The van der Waals surface area contributed by atoms with Gasteiger partial charge in [0.05, 0.1) is 6.26 Å². The molecule has 0 saturated carbocycles. The van der Waals surface area contributed by atoms with Gasteiger partial charge in [-0.1, -0.05) is 17.7 Å². The van der Waals surface area contributed by atoms with E-state index in [-0.39, 0.29) is 47.7 Å². The average Bonchev–Trinajstić information content (AvgIpc) is 3.05. The van der Waals surface area contributed by atoms with Crippen molar-refractivity contribution in [3.8, 4) is 0 Å². The lowest BCUT2D eigenvalue weighted by molar-refractivity contribution is -0.130. The van der Waals surface area contributed by atoms with Crippen molar-refractivity contribution in [1.82, 2.24) is 10.2 Å². The van der Waals surface area contributed by atoms with E-state index >= 15 is 0 Å². The zero-order chi connectivity index (χ0) is 16.8. The molecule has 0 aliphatic carbocycles. The number of furan rings is 1. The first-order chi connectivity index (χ1) is 11.0. The molecule has 23 heavy (non-hydrogen) atoms. The standard InChI is InChI=1S/C16H16ClFN2O3/c1-20(10-11-12(17)4-2-5-13(11)18)15(21)7-8-19-16(22)14-6-3-9-23-14/h2-6,9H,7-8,10H2,1H3,(H,19,22). The van der Waals surface area contributed by atoms with Crippen molar-refractivity contribution in [3.63, 3.8) is 0 Å². The smallest absolute Gasteiger partial charge is 0.286 e. The first-order valence-corrected chi connectivity index (χ1v) is 7.35. The quantitative estimate of drug-likeness (QED) is 0.881. The summed E-state index contributed by atoms with van der Waals surface area (Å²) in [4.78, 5) is 25.0. The highest BCUT2D eigenvalue weighted by atomic mass is 35.5. The van der Waals surface area contributed by atoms with Crippen LogP contribution in [-0.4, -0.2) is 30.3 Å². The van der Waals surface area contributed by atoms with Crippen LogP contribution >= 0.6 is 11.6 Å². The van der Waals surface area contributed by atoms with Gasteiger partial charge in [0.2, 0.25) is 5.91 Å². The molecule has 1 aromatic heterocycles. The molecule has 0 spiro atoms. The van der Waals surface area contributed by atoms with Crippen LogP contribution in [0, 0.1) is 5.82 Å². The molecule has 122 valence electrons. The van der Waals surface area contributed by atoms with Crippen molar-refractivity contribution in [2.24, 2.45) is 0 Å². The van der Waals surface area contributed by atoms with Crippen LogP contribution in [0.4, 0.5) is 4.39 Å². The molecule has 0 saturated heterocycles. The second kappa shape index (κ2) is 7.78. The number of rotatable bonds is 6. The van der Waals surface area contributed by atoms with Crippen molar-refractivity contribution in [3.05, 3.63) is 58.8 Å². The third-order valence-corrected chi connectivity index (χ3v) is 3.61. The van der Waals surface area contributed by atoms with E-state index in [2.05, 4.69) is 5.32 Å². The van der Waals surface area contributed by atoms with Crippen LogP contribution in [-0.2, 0) is 11.3 Å². The number of nitrogens with zero attached hydrogens (tertiary/aromatic N) is 1. The Labute approximate surface area is 138 Å². The summed E-state index contributed by atoms with van der Waals surface area (Å²) in [6.45, 7) is 0.226. The second-order valence-electron chi connectivity index (χ2n) is 4.93. The third-order valence-electron chi connectivity index (χ3n) is 3.25. The molecule has 1 heterocycles. The molecule has 0 unspecified atom stereocenters. The maximum Gasteiger partial charge on any atom is 0.286 e. The Morgan fingerprint density at radius 1 is 1.30 bits per heavy atom. The minimum atomic E-state index is -0.455. The zero-order valence-electron chi connectivity index (χ0n) is 12.5.